The van der Waals surface area contributed by atoms with E-state index in [1.54, 1.807) is 10.9 Å². The van der Waals surface area contributed by atoms with Crippen molar-refractivity contribution in [3.05, 3.63) is 17.5 Å². The highest BCUT2D eigenvalue weighted by atomic mass is 35.5. The molecule has 2 rings (SSSR count). The van der Waals surface area contributed by atoms with Crippen molar-refractivity contribution in [1.82, 2.24) is 15.1 Å². The Morgan fingerprint density at radius 3 is 2.95 bits per heavy atom. The predicted octanol–water partition coefficient (Wildman–Crippen LogP) is 2.65. The number of carbonyl (C=O) groups is 1. The Balaban J connectivity index is 2.06. The number of aryl methyl sites for hydroxylation is 2. The highest BCUT2D eigenvalue weighted by molar-refractivity contribution is 6.21. The highest BCUT2D eigenvalue weighted by Gasteiger charge is 2.25. The van der Waals surface area contributed by atoms with E-state index in [2.05, 4.69) is 10.4 Å². The van der Waals surface area contributed by atoms with Crippen LogP contribution in [-0.2, 0) is 13.5 Å². The van der Waals surface area contributed by atoms with Crippen LogP contribution in [0, 0.1) is 0 Å². The van der Waals surface area contributed by atoms with E-state index >= 15 is 0 Å². The maximum atomic E-state index is 12.3. The molecular weight excluding hydrogens is 262 g/mol. The lowest BCUT2D eigenvalue weighted by molar-refractivity contribution is 0.0933. The second-order valence-electron chi connectivity index (χ2n) is 5.25. The molecule has 0 aliphatic heterocycles. The minimum atomic E-state index is -0.0394. The molecule has 4 nitrogen and oxygen atoms in total. The third-order valence-corrected chi connectivity index (χ3v) is 4.26. The van der Waals surface area contributed by atoms with Crippen LogP contribution >= 0.6 is 11.6 Å². The summed E-state index contributed by atoms with van der Waals surface area (Å²) in [5, 5.41) is 7.44. The van der Waals surface area contributed by atoms with Crippen molar-refractivity contribution >= 4 is 17.5 Å². The van der Waals surface area contributed by atoms with Gasteiger partial charge in [-0.1, -0.05) is 26.2 Å². The third-order valence-electron chi connectivity index (χ3n) is 3.73. The fourth-order valence-electron chi connectivity index (χ4n) is 2.66. The number of amides is 1. The lowest BCUT2D eigenvalue weighted by Gasteiger charge is -2.21. The first-order chi connectivity index (χ1) is 9.11. The molecule has 1 aliphatic carbocycles. The maximum Gasteiger partial charge on any atom is 0.255 e. The van der Waals surface area contributed by atoms with Gasteiger partial charge >= 0.3 is 0 Å². The van der Waals surface area contributed by atoms with E-state index in [9.17, 15) is 4.79 Å². The monoisotopic (exact) mass is 283 g/mol. The summed E-state index contributed by atoms with van der Waals surface area (Å²) in [6.07, 6.45) is 8.02. The normalized spacial score (nSPS) is 23.9. The van der Waals surface area contributed by atoms with E-state index in [-0.39, 0.29) is 17.3 Å². The van der Waals surface area contributed by atoms with Crippen molar-refractivity contribution in [3.8, 4) is 0 Å². The average molecular weight is 284 g/mol. The van der Waals surface area contributed by atoms with E-state index in [0.29, 0.717) is 5.56 Å². The third kappa shape index (κ3) is 3.50. The van der Waals surface area contributed by atoms with Crippen molar-refractivity contribution in [1.29, 1.82) is 0 Å². The molecule has 1 amide bonds. The summed E-state index contributed by atoms with van der Waals surface area (Å²) >= 11 is 6.36. The van der Waals surface area contributed by atoms with Gasteiger partial charge < -0.3 is 5.32 Å². The van der Waals surface area contributed by atoms with E-state index in [1.165, 1.54) is 6.42 Å². The van der Waals surface area contributed by atoms with Crippen LogP contribution in [-0.4, -0.2) is 27.1 Å². The van der Waals surface area contributed by atoms with Crippen LogP contribution in [0.3, 0.4) is 0 Å². The highest BCUT2D eigenvalue weighted by Crippen LogP contribution is 2.22. The summed E-state index contributed by atoms with van der Waals surface area (Å²) in [6.45, 7) is 2.01. The molecule has 0 bridgehead atoms. The van der Waals surface area contributed by atoms with E-state index < -0.39 is 0 Å². The zero-order chi connectivity index (χ0) is 13.8. The molecule has 1 saturated carbocycles. The van der Waals surface area contributed by atoms with E-state index in [0.717, 1.165) is 37.8 Å². The molecule has 0 spiro atoms. The minimum Gasteiger partial charge on any atom is -0.348 e. The molecule has 0 aromatic carbocycles. The van der Waals surface area contributed by atoms with Crippen molar-refractivity contribution < 1.29 is 4.79 Å². The van der Waals surface area contributed by atoms with Crippen molar-refractivity contribution in [3.63, 3.8) is 0 Å². The van der Waals surface area contributed by atoms with Crippen molar-refractivity contribution in [2.45, 2.75) is 56.9 Å². The van der Waals surface area contributed by atoms with Gasteiger partial charge in [0.05, 0.1) is 16.6 Å². The van der Waals surface area contributed by atoms with Crippen LogP contribution in [0.2, 0.25) is 0 Å². The number of carbonyl (C=O) groups excluding carboxylic acids is 1. The Labute approximate surface area is 119 Å². The Morgan fingerprint density at radius 2 is 2.21 bits per heavy atom. The number of hydrogen-bond acceptors (Lipinski definition) is 2. The van der Waals surface area contributed by atoms with Crippen LogP contribution in [0.4, 0.5) is 0 Å². The summed E-state index contributed by atoms with van der Waals surface area (Å²) < 4.78 is 1.69. The second-order valence-corrected chi connectivity index (χ2v) is 5.81. The number of aromatic nitrogens is 2. The molecule has 0 radical (unpaired) electrons. The lowest BCUT2D eigenvalue weighted by atomic mass is 10.1. The first-order valence-electron chi connectivity index (χ1n) is 7.09. The molecule has 106 valence electrons. The molecule has 1 fully saturated rings. The zero-order valence-electron chi connectivity index (χ0n) is 11.7. The Morgan fingerprint density at radius 1 is 1.47 bits per heavy atom. The summed E-state index contributed by atoms with van der Waals surface area (Å²) in [4.78, 5) is 12.3. The topological polar surface area (TPSA) is 46.9 Å². The molecular formula is C14H22ClN3O. The summed E-state index contributed by atoms with van der Waals surface area (Å²) in [5.41, 5.74) is 1.53. The Kier molecular flexibility index (Phi) is 4.86. The van der Waals surface area contributed by atoms with Gasteiger partial charge in [-0.05, 0) is 19.3 Å². The molecule has 1 aromatic rings. The number of nitrogens with zero attached hydrogens (tertiary/aromatic N) is 2. The van der Waals surface area contributed by atoms with Crippen molar-refractivity contribution in [2.24, 2.45) is 7.05 Å². The summed E-state index contributed by atoms with van der Waals surface area (Å²) in [5.74, 6) is -0.0394. The SMILES string of the molecule is CCc1nn(C)cc1C(=O)NC1CCCCCC1Cl. The standard InChI is InChI=1S/C14H22ClN3O/c1-3-12-10(9-18(2)17-12)14(19)16-13-8-6-4-5-7-11(13)15/h9,11,13H,3-8H2,1-2H3,(H,16,19). The molecule has 0 saturated heterocycles. The largest absolute Gasteiger partial charge is 0.348 e. The van der Waals surface area contributed by atoms with Crippen molar-refractivity contribution in [2.75, 3.05) is 0 Å². The van der Waals surface area contributed by atoms with Gasteiger partial charge in [-0.15, -0.1) is 11.6 Å². The van der Waals surface area contributed by atoms with Gasteiger partial charge in [-0.3, -0.25) is 9.48 Å². The van der Waals surface area contributed by atoms with E-state index in [1.807, 2.05) is 14.0 Å². The second kappa shape index (κ2) is 6.42. The van der Waals surface area contributed by atoms with Gasteiger partial charge in [0.1, 0.15) is 0 Å². The Hall–Kier alpha value is -1.03. The fourth-order valence-corrected chi connectivity index (χ4v) is 3.00. The summed E-state index contributed by atoms with van der Waals surface area (Å²) in [6, 6.07) is 0.0848. The number of halogens is 1. The first kappa shape index (κ1) is 14.4. The van der Waals surface area contributed by atoms with Crippen LogP contribution in [0.1, 0.15) is 55.1 Å². The Bertz CT molecular complexity index is 444. The lowest BCUT2D eigenvalue weighted by Crippen LogP contribution is -2.40. The molecule has 1 heterocycles. The molecule has 1 aromatic heterocycles. The van der Waals surface area contributed by atoms with Gasteiger partial charge in [-0.25, -0.2) is 0 Å². The van der Waals surface area contributed by atoms with Gasteiger partial charge in [0.25, 0.3) is 5.91 Å². The molecule has 19 heavy (non-hydrogen) atoms. The number of alkyl halides is 1. The van der Waals surface area contributed by atoms with Crippen LogP contribution < -0.4 is 5.32 Å². The minimum absolute atomic E-state index is 0.0394. The van der Waals surface area contributed by atoms with Crippen LogP contribution in [0.15, 0.2) is 6.20 Å². The molecule has 1 N–H and O–H groups in total. The van der Waals surface area contributed by atoms with Crippen LogP contribution in [0.25, 0.3) is 0 Å². The average Bonchev–Trinajstić information content (AvgIpc) is 2.66. The van der Waals surface area contributed by atoms with Gasteiger partial charge in [0.15, 0.2) is 0 Å². The quantitative estimate of drug-likeness (QED) is 0.685. The van der Waals surface area contributed by atoms with E-state index in [4.69, 9.17) is 11.6 Å². The summed E-state index contributed by atoms with van der Waals surface area (Å²) in [7, 11) is 1.84. The number of hydrogen-bond donors (Lipinski definition) is 1. The van der Waals surface area contributed by atoms with Gasteiger partial charge in [-0.2, -0.15) is 5.10 Å². The molecule has 1 aliphatic rings. The van der Waals surface area contributed by atoms with Crippen LogP contribution in [0.5, 0.6) is 0 Å². The van der Waals surface area contributed by atoms with Gasteiger partial charge in [0, 0.05) is 19.3 Å². The van der Waals surface area contributed by atoms with Gasteiger partial charge in [0.2, 0.25) is 0 Å². The fraction of sp³-hybridized carbons (Fsp3) is 0.714. The predicted molar refractivity (Wildman–Crippen MR) is 76.6 cm³/mol. The number of rotatable bonds is 3. The maximum absolute atomic E-state index is 12.3. The first-order valence-corrected chi connectivity index (χ1v) is 7.53. The zero-order valence-corrected chi connectivity index (χ0v) is 12.4. The smallest absolute Gasteiger partial charge is 0.255 e. The molecule has 2 unspecified atom stereocenters. The molecule has 2 atom stereocenters. The number of nitrogens with one attached hydrogen (secondary N) is 1. The molecule has 5 heteroatoms.